The average Bonchev–Trinajstić information content (AvgIpc) is 2.97. The average molecular weight is 434 g/mol. The summed E-state index contributed by atoms with van der Waals surface area (Å²) in [5.74, 6) is 1.26. The number of anilines is 1. The first-order valence-electron chi connectivity index (χ1n) is 9.55. The highest BCUT2D eigenvalue weighted by Crippen LogP contribution is 2.24. The van der Waals surface area contributed by atoms with Crippen LogP contribution in [-0.4, -0.2) is 31.2 Å². The normalized spacial score (nSPS) is 11.3. The Balaban J connectivity index is 2.04. The maximum atomic E-state index is 12.6. The second-order valence-corrected chi connectivity index (χ2v) is 8.69. The molecule has 0 spiro atoms. The number of nitrogens with zero attached hydrogens (tertiary/aromatic N) is 3. The van der Waals surface area contributed by atoms with Crippen molar-refractivity contribution in [3.63, 3.8) is 0 Å². The topological polar surface area (TPSA) is 92.7 Å². The number of fused-ring (bicyclic) bond motifs is 1. The summed E-state index contributed by atoms with van der Waals surface area (Å²) >= 11 is 7.45. The first-order chi connectivity index (χ1) is 13.9. The van der Waals surface area contributed by atoms with Gasteiger partial charge in [0.15, 0.2) is 16.6 Å². The largest absolute Gasteiger partial charge is 0.328 e. The molecule has 9 heteroatoms. The third-order valence-corrected chi connectivity index (χ3v) is 5.45. The second-order valence-electron chi connectivity index (χ2n) is 7.19. The third kappa shape index (κ3) is 5.39. The molecular formula is C20H24ClN5O2S. The van der Waals surface area contributed by atoms with E-state index in [1.165, 1.54) is 11.8 Å². The van der Waals surface area contributed by atoms with Crippen molar-refractivity contribution >= 4 is 46.3 Å². The van der Waals surface area contributed by atoms with Crippen LogP contribution in [-0.2, 0) is 11.3 Å². The van der Waals surface area contributed by atoms with E-state index in [9.17, 15) is 9.59 Å². The molecule has 154 valence electrons. The van der Waals surface area contributed by atoms with E-state index in [2.05, 4.69) is 27.2 Å². The molecule has 0 atom stereocenters. The Bertz CT molecular complexity index is 1060. The molecule has 1 amide bonds. The highest BCUT2D eigenvalue weighted by molar-refractivity contribution is 7.99. The number of hydrogen-bond acceptors (Lipinski definition) is 5. The highest BCUT2D eigenvalue weighted by atomic mass is 35.5. The van der Waals surface area contributed by atoms with Crippen LogP contribution in [0.15, 0.2) is 34.2 Å². The molecule has 3 aromatic rings. The van der Waals surface area contributed by atoms with Gasteiger partial charge in [-0.15, -0.1) is 0 Å². The van der Waals surface area contributed by atoms with Crippen molar-refractivity contribution in [1.82, 2.24) is 19.5 Å². The summed E-state index contributed by atoms with van der Waals surface area (Å²) in [6.45, 7) is 6.36. The predicted octanol–water partition coefficient (Wildman–Crippen LogP) is 4.31. The van der Waals surface area contributed by atoms with Crippen molar-refractivity contribution in [2.75, 3.05) is 11.1 Å². The molecule has 2 heterocycles. The number of aromatic amines is 1. The number of benzene rings is 1. The molecule has 1 aromatic carbocycles. The van der Waals surface area contributed by atoms with Crippen LogP contribution in [0.1, 0.15) is 39.2 Å². The second kappa shape index (κ2) is 9.45. The SMILES string of the molecule is CCCSc1nc(NC(=O)CC(C)C)c2[nH]c(=O)n(Cc3ccc(Cl)cc3)c2n1. The summed E-state index contributed by atoms with van der Waals surface area (Å²) < 4.78 is 1.55. The Hall–Kier alpha value is -2.32. The molecule has 0 bridgehead atoms. The van der Waals surface area contributed by atoms with Crippen molar-refractivity contribution in [2.45, 2.75) is 45.3 Å². The van der Waals surface area contributed by atoms with Crippen molar-refractivity contribution in [2.24, 2.45) is 5.92 Å². The Morgan fingerprint density at radius 2 is 2.00 bits per heavy atom. The fourth-order valence-corrected chi connectivity index (χ4v) is 3.65. The smallest absolute Gasteiger partial charge is 0.309 e. The lowest BCUT2D eigenvalue weighted by molar-refractivity contribution is -0.116. The minimum absolute atomic E-state index is 0.141. The molecule has 3 rings (SSSR count). The number of H-pyrrole nitrogens is 1. The van der Waals surface area contributed by atoms with Crippen LogP contribution in [0, 0.1) is 5.92 Å². The number of amides is 1. The van der Waals surface area contributed by atoms with Gasteiger partial charge in [0.2, 0.25) is 5.91 Å². The fourth-order valence-electron chi connectivity index (χ4n) is 2.83. The van der Waals surface area contributed by atoms with Gasteiger partial charge in [0.05, 0.1) is 6.54 Å². The standard InChI is InChI=1S/C20H24ClN5O2S/c1-4-9-29-19-24-17(22-15(27)10-12(2)3)16-18(25-19)26(20(28)23-16)11-13-5-7-14(21)8-6-13/h5-8,12H,4,9-11H2,1-3H3,(H,23,28)(H,22,24,25,27). The molecule has 2 N–H and O–H groups in total. The molecule has 0 saturated heterocycles. The predicted molar refractivity (Wildman–Crippen MR) is 118 cm³/mol. The lowest BCUT2D eigenvalue weighted by Crippen LogP contribution is -2.17. The number of hydrogen-bond donors (Lipinski definition) is 2. The molecule has 0 aliphatic heterocycles. The zero-order valence-corrected chi connectivity index (χ0v) is 18.2. The Kier molecular flexibility index (Phi) is 6.97. The van der Waals surface area contributed by atoms with Crippen molar-refractivity contribution in [1.29, 1.82) is 0 Å². The molecule has 0 aliphatic carbocycles. The quantitative estimate of drug-likeness (QED) is 0.408. The molecule has 0 saturated carbocycles. The van der Waals surface area contributed by atoms with Gasteiger partial charge in [-0.3, -0.25) is 9.36 Å². The number of halogens is 1. The number of aromatic nitrogens is 4. The van der Waals surface area contributed by atoms with Gasteiger partial charge < -0.3 is 10.3 Å². The summed E-state index contributed by atoms with van der Waals surface area (Å²) in [5, 5.41) is 4.01. The van der Waals surface area contributed by atoms with Crippen molar-refractivity contribution in [3.8, 4) is 0 Å². The summed E-state index contributed by atoms with van der Waals surface area (Å²) in [7, 11) is 0. The van der Waals surface area contributed by atoms with Gasteiger partial charge in [0.1, 0.15) is 5.52 Å². The Labute approximate surface area is 178 Å². The molecular weight excluding hydrogens is 410 g/mol. The fraction of sp³-hybridized carbons (Fsp3) is 0.400. The van der Waals surface area contributed by atoms with E-state index in [0.29, 0.717) is 40.1 Å². The number of carbonyl (C=O) groups is 1. The molecule has 0 fully saturated rings. The molecule has 7 nitrogen and oxygen atoms in total. The number of thioether (sulfide) groups is 1. The van der Waals surface area contributed by atoms with Gasteiger partial charge in [-0.2, -0.15) is 0 Å². The molecule has 0 unspecified atom stereocenters. The van der Waals surface area contributed by atoms with Crippen LogP contribution in [0.4, 0.5) is 5.82 Å². The third-order valence-electron chi connectivity index (χ3n) is 4.14. The van der Waals surface area contributed by atoms with Crippen LogP contribution in [0.2, 0.25) is 5.02 Å². The van der Waals surface area contributed by atoms with Gasteiger partial charge in [-0.1, -0.05) is 56.3 Å². The zero-order valence-electron chi connectivity index (χ0n) is 16.7. The summed E-state index contributed by atoms with van der Waals surface area (Å²) in [6.07, 6.45) is 1.34. The Morgan fingerprint density at radius 3 is 2.66 bits per heavy atom. The molecule has 29 heavy (non-hydrogen) atoms. The number of carbonyl (C=O) groups excluding carboxylic acids is 1. The van der Waals surface area contributed by atoms with E-state index in [-0.39, 0.29) is 17.5 Å². The van der Waals surface area contributed by atoms with Gasteiger partial charge in [-0.25, -0.2) is 14.8 Å². The van der Waals surface area contributed by atoms with E-state index < -0.39 is 0 Å². The molecule has 2 aromatic heterocycles. The van der Waals surface area contributed by atoms with Crippen LogP contribution >= 0.6 is 23.4 Å². The molecule has 0 radical (unpaired) electrons. The summed E-state index contributed by atoms with van der Waals surface area (Å²) in [4.78, 5) is 36.8. The highest BCUT2D eigenvalue weighted by Gasteiger charge is 2.18. The summed E-state index contributed by atoms with van der Waals surface area (Å²) in [5.41, 5.74) is 1.52. The maximum Gasteiger partial charge on any atom is 0.328 e. The first-order valence-corrected chi connectivity index (χ1v) is 10.9. The number of rotatable bonds is 8. The van der Waals surface area contributed by atoms with Crippen LogP contribution in [0.3, 0.4) is 0 Å². The van der Waals surface area contributed by atoms with Crippen molar-refractivity contribution in [3.05, 3.63) is 45.3 Å². The lowest BCUT2D eigenvalue weighted by atomic mass is 10.1. The van der Waals surface area contributed by atoms with Crippen LogP contribution in [0.25, 0.3) is 11.2 Å². The first kappa shape index (κ1) is 21.4. The minimum Gasteiger partial charge on any atom is -0.309 e. The van der Waals surface area contributed by atoms with E-state index >= 15 is 0 Å². The summed E-state index contributed by atoms with van der Waals surface area (Å²) in [6, 6.07) is 7.30. The van der Waals surface area contributed by atoms with E-state index in [1.807, 2.05) is 26.0 Å². The van der Waals surface area contributed by atoms with Gasteiger partial charge in [-0.05, 0) is 30.0 Å². The van der Waals surface area contributed by atoms with Gasteiger partial charge in [0.25, 0.3) is 0 Å². The number of imidazole rings is 1. The lowest BCUT2D eigenvalue weighted by Gasteiger charge is -2.10. The number of nitrogens with one attached hydrogen (secondary N) is 2. The minimum atomic E-state index is -0.304. The monoisotopic (exact) mass is 433 g/mol. The Morgan fingerprint density at radius 1 is 1.28 bits per heavy atom. The van der Waals surface area contributed by atoms with E-state index in [0.717, 1.165) is 17.7 Å². The van der Waals surface area contributed by atoms with Crippen LogP contribution < -0.4 is 11.0 Å². The zero-order chi connectivity index (χ0) is 21.0. The van der Waals surface area contributed by atoms with Gasteiger partial charge in [0, 0.05) is 17.2 Å². The van der Waals surface area contributed by atoms with Crippen molar-refractivity contribution < 1.29 is 4.79 Å². The van der Waals surface area contributed by atoms with E-state index in [4.69, 9.17) is 11.6 Å². The molecule has 0 aliphatic rings. The van der Waals surface area contributed by atoms with E-state index in [1.54, 1.807) is 16.7 Å². The maximum absolute atomic E-state index is 12.6. The van der Waals surface area contributed by atoms with Gasteiger partial charge >= 0.3 is 5.69 Å². The van der Waals surface area contributed by atoms with Crippen LogP contribution in [0.5, 0.6) is 0 Å².